The summed E-state index contributed by atoms with van der Waals surface area (Å²) in [7, 11) is 1.70. The number of aryl methyl sites for hydroxylation is 1. The van der Waals surface area contributed by atoms with Crippen LogP contribution in [0.3, 0.4) is 0 Å². The van der Waals surface area contributed by atoms with Gasteiger partial charge in [-0.2, -0.15) is 0 Å². The molecule has 0 fully saturated rings. The number of urea groups is 1. The van der Waals surface area contributed by atoms with Gasteiger partial charge in [-0.05, 0) is 30.7 Å². The third-order valence-corrected chi connectivity index (χ3v) is 3.96. The molecular weight excluding hydrogens is 323 g/mol. The summed E-state index contributed by atoms with van der Waals surface area (Å²) in [6.07, 6.45) is 6.39. The first kappa shape index (κ1) is 16.8. The van der Waals surface area contributed by atoms with Crippen molar-refractivity contribution in [1.29, 1.82) is 0 Å². The van der Waals surface area contributed by atoms with E-state index in [0.717, 1.165) is 11.3 Å². The molecule has 25 heavy (non-hydrogen) atoms. The zero-order valence-electron chi connectivity index (χ0n) is 14.1. The third kappa shape index (κ3) is 3.88. The van der Waals surface area contributed by atoms with Gasteiger partial charge in [-0.25, -0.2) is 14.2 Å². The Morgan fingerprint density at radius 1 is 1.40 bits per heavy atom. The molecule has 3 rings (SSSR count). The second kappa shape index (κ2) is 7.21. The molecule has 0 aliphatic rings. The molecule has 0 bridgehead atoms. The number of furan rings is 1. The highest BCUT2D eigenvalue weighted by atomic mass is 19.1. The van der Waals surface area contributed by atoms with Crippen LogP contribution >= 0.6 is 0 Å². The molecule has 1 N–H and O–H groups in total. The van der Waals surface area contributed by atoms with E-state index in [-0.39, 0.29) is 18.4 Å². The Balaban J connectivity index is 1.58. The number of nitrogens with one attached hydrogen (secondary N) is 1. The molecule has 0 saturated heterocycles. The van der Waals surface area contributed by atoms with Crippen molar-refractivity contribution in [2.75, 3.05) is 7.05 Å². The Morgan fingerprint density at radius 2 is 2.24 bits per heavy atom. The predicted octanol–water partition coefficient (Wildman–Crippen LogP) is 3.25. The Hall–Kier alpha value is -3.09. The molecule has 2 amide bonds. The first-order valence-electron chi connectivity index (χ1n) is 7.83. The fourth-order valence-corrected chi connectivity index (χ4v) is 2.49. The van der Waals surface area contributed by atoms with E-state index in [0.29, 0.717) is 17.8 Å². The van der Waals surface area contributed by atoms with Crippen molar-refractivity contribution in [2.24, 2.45) is 0 Å². The summed E-state index contributed by atoms with van der Waals surface area (Å²) in [4.78, 5) is 17.6. The molecule has 2 heterocycles. The summed E-state index contributed by atoms with van der Waals surface area (Å²) < 4.78 is 21.0. The van der Waals surface area contributed by atoms with Crippen LogP contribution in [0.15, 0.2) is 53.7 Å². The molecule has 0 unspecified atom stereocenters. The van der Waals surface area contributed by atoms with Gasteiger partial charge >= 0.3 is 6.03 Å². The molecule has 0 radical (unpaired) electrons. The lowest BCUT2D eigenvalue weighted by Crippen LogP contribution is -2.36. The molecule has 0 spiro atoms. The Labute approximate surface area is 144 Å². The van der Waals surface area contributed by atoms with Gasteiger partial charge in [0.15, 0.2) is 0 Å². The number of imidazole rings is 1. The normalized spacial score (nSPS) is 10.7. The van der Waals surface area contributed by atoms with Crippen molar-refractivity contribution in [1.82, 2.24) is 19.8 Å². The van der Waals surface area contributed by atoms with Crippen LogP contribution in [-0.2, 0) is 13.1 Å². The standard InChI is InChI=1S/C18H19FN4O2/c1-13-15(5-8-25-13)11-22(2)18(24)21-10-14-3-4-17(16(19)9-14)23-7-6-20-12-23/h3-9,12H,10-11H2,1-2H3,(H,21,24). The fraction of sp³-hybridized carbons (Fsp3) is 0.222. The molecule has 0 aliphatic carbocycles. The topological polar surface area (TPSA) is 63.3 Å². The lowest BCUT2D eigenvalue weighted by atomic mass is 10.2. The molecule has 1 aromatic carbocycles. The largest absolute Gasteiger partial charge is 0.469 e. The minimum atomic E-state index is -0.368. The van der Waals surface area contributed by atoms with Crippen molar-refractivity contribution in [3.05, 3.63) is 72.0 Å². The average molecular weight is 342 g/mol. The maximum atomic E-state index is 14.2. The number of carbonyl (C=O) groups excluding carboxylic acids is 1. The predicted molar refractivity (Wildman–Crippen MR) is 90.7 cm³/mol. The van der Waals surface area contributed by atoms with Crippen LogP contribution in [0.5, 0.6) is 0 Å². The number of hydrogen-bond donors (Lipinski definition) is 1. The molecule has 0 atom stereocenters. The zero-order valence-corrected chi connectivity index (χ0v) is 14.1. The molecule has 130 valence electrons. The number of benzene rings is 1. The summed E-state index contributed by atoms with van der Waals surface area (Å²) in [5.74, 6) is 0.420. The molecule has 0 saturated carbocycles. The molecule has 0 aliphatic heterocycles. The Kier molecular flexibility index (Phi) is 4.83. The third-order valence-electron chi connectivity index (χ3n) is 3.96. The van der Waals surface area contributed by atoms with Gasteiger partial charge in [-0.15, -0.1) is 0 Å². The molecular formula is C18H19FN4O2. The van der Waals surface area contributed by atoms with Gasteiger partial charge in [0.05, 0.1) is 24.8 Å². The van der Waals surface area contributed by atoms with Crippen LogP contribution in [0, 0.1) is 12.7 Å². The van der Waals surface area contributed by atoms with E-state index >= 15 is 0 Å². The maximum Gasteiger partial charge on any atom is 0.317 e. The van der Waals surface area contributed by atoms with Crippen molar-refractivity contribution >= 4 is 6.03 Å². The van der Waals surface area contributed by atoms with Gasteiger partial charge in [0.25, 0.3) is 0 Å². The highest BCUT2D eigenvalue weighted by molar-refractivity contribution is 5.73. The fourth-order valence-electron chi connectivity index (χ4n) is 2.49. The van der Waals surface area contributed by atoms with Crippen molar-refractivity contribution in [2.45, 2.75) is 20.0 Å². The number of hydrogen-bond acceptors (Lipinski definition) is 3. The van der Waals surface area contributed by atoms with Crippen LogP contribution in [0.25, 0.3) is 5.69 Å². The summed E-state index contributed by atoms with van der Waals surface area (Å²) >= 11 is 0. The van der Waals surface area contributed by atoms with E-state index in [4.69, 9.17) is 4.42 Å². The number of amides is 2. The number of nitrogens with zero attached hydrogens (tertiary/aromatic N) is 3. The summed E-state index contributed by atoms with van der Waals surface area (Å²) in [5, 5.41) is 2.78. The number of rotatable bonds is 5. The van der Waals surface area contributed by atoms with Gasteiger partial charge in [0.2, 0.25) is 0 Å². The minimum absolute atomic E-state index is 0.236. The first-order valence-corrected chi connectivity index (χ1v) is 7.83. The summed E-state index contributed by atoms with van der Waals surface area (Å²) in [6.45, 7) is 2.54. The molecule has 7 heteroatoms. The van der Waals surface area contributed by atoms with Crippen LogP contribution in [-0.4, -0.2) is 27.5 Å². The van der Waals surface area contributed by atoms with Crippen molar-refractivity contribution in [3.63, 3.8) is 0 Å². The lowest BCUT2D eigenvalue weighted by Gasteiger charge is -2.18. The molecule has 3 aromatic rings. The number of halogens is 1. The second-order valence-electron chi connectivity index (χ2n) is 5.77. The Morgan fingerprint density at radius 3 is 2.88 bits per heavy atom. The van der Waals surface area contributed by atoms with Gasteiger partial charge in [-0.3, -0.25) is 0 Å². The monoisotopic (exact) mass is 342 g/mol. The van der Waals surface area contributed by atoms with Crippen LogP contribution in [0.4, 0.5) is 9.18 Å². The van der Waals surface area contributed by atoms with Crippen LogP contribution in [0.1, 0.15) is 16.9 Å². The van der Waals surface area contributed by atoms with E-state index in [9.17, 15) is 9.18 Å². The second-order valence-corrected chi connectivity index (χ2v) is 5.77. The zero-order chi connectivity index (χ0) is 17.8. The van der Waals surface area contributed by atoms with Crippen molar-refractivity contribution < 1.29 is 13.6 Å². The van der Waals surface area contributed by atoms with Crippen LogP contribution in [0.2, 0.25) is 0 Å². The van der Waals surface area contributed by atoms with E-state index in [2.05, 4.69) is 10.3 Å². The number of aromatic nitrogens is 2. The van der Waals surface area contributed by atoms with Crippen molar-refractivity contribution in [3.8, 4) is 5.69 Å². The van der Waals surface area contributed by atoms with E-state index < -0.39 is 0 Å². The summed E-state index contributed by atoms with van der Waals surface area (Å²) in [6, 6.07) is 6.45. The SMILES string of the molecule is Cc1occc1CN(C)C(=O)NCc1ccc(-n2ccnc2)c(F)c1. The maximum absolute atomic E-state index is 14.2. The van der Waals surface area contributed by atoms with Gasteiger partial charge in [-0.1, -0.05) is 6.07 Å². The van der Waals surface area contributed by atoms with E-state index in [1.165, 1.54) is 12.4 Å². The lowest BCUT2D eigenvalue weighted by molar-refractivity contribution is 0.206. The van der Waals surface area contributed by atoms with Gasteiger partial charge < -0.3 is 19.2 Å². The van der Waals surface area contributed by atoms with Crippen LogP contribution < -0.4 is 5.32 Å². The average Bonchev–Trinajstić information content (AvgIpc) is 3.25. The highest BCUT2D eigenvalue weighted by Crippen LogP contribution is 2.15. The highest BCUT2D eigenvalue weighted by Gasteiger charge is 2.12. The summed E-state index contributed by atoms with van der Waals surface area (Å²) in [5.41, 5.74) is 2.05. The molecule has 6 nitrogen and oxygen atoms in total. The van der Waals surface area contributed by atoms with Gasteiger partial charge in [0.1, 0.15) is 11.6 Å². The minimum Gasteiger partial charge on any atom is -0.469 e. The quantitative estimate of drug-likeness (QED) is 0.774. The molecule has 2 aromatic heterocycles. The van der Waals surface area contributed by atoms with Gasteiger partial charge in [0, 0.05) is 31.5 Å². The smallest absolute Gasteiger partial charge is 0.317 e. The van der Waals surface area contributed by atoms with E-state index in [1.54, 1.807) is 47.3 Å². The number of carbonyl (C=O) groups is 1. The Bertz CT molecular complexity index is 858. The van der Waals surface area contributed by atoms with E-state index in [1.807, 2.05) is 13.0 Å². The first-order chi connectivity index (χ1) is 12.0.